The van der Waals surface area contributed by atoms with Crippen molar-refractivity contribution in [2.45, 2.75) is 46.0 Å². The summed E-state index contributed by atoms with van der Waals surface area (Å²) in [6, 6.07) is 4.67. The highest BCUT2D eigenvalue weighted by atomic mass is 35.5. The summed E-state index contributed by atoms with van der Waals surface area (Å²) in [7, 11) is 0. The molecule has 1 aliphatic rings. The van der Waals surface area contributed by atoms with Crippen molar-refractivity contribution in [2.75, 3.05) is 19.6 Å². The molecule has 0 aromatic heterocycles. The van der Waals surface area contributed by atoms with Gasteiger partial charge in [0.2, 0.25) is 5.91 Å². The number of aliphatic hydroxyl groups excluding tert-OH is 1. The maximum Gasteiger partial charge on any atom is 0.258 e. The predicted octanol–water partition coefficient (Wildman–Crippen LogP) is 0.622. The third-order valence-electron chi connectivity index (χ3n) is 4.64. The molecular weight excluding hydrogens is 368 g/mol. The Balaban J connectivity index is 2.35. The molecule has 150 valence electrons. The smallest absolute Gasteiger partial charge is 0.258 e. The van der Waals surface area contributed by atoms with Crippen LogP contribution in [-0.2, 0) is 22.7 Å². The van der Waals surface area contributed by atoms with Gasteiger partial charge >= 0.3 is 0 Å². The van der Waals surface area contributed by atoms with Crippen LogP contribution in [0.1, 0.15) is 31.9 Å². The molecule has 0 saturated carbocycles. The molecule has 0 radical (unpaired) electrons. The molecule has 1 heterocycles. The summed E-state index contributed by atoms with van der Waals surface area (Å²) in [4.78, 5) is 27.2. The van der Waals surface area contributed by atoms with Gasteiger partial charge in [-0.2, -0.15) is 0 Å². The maximum absolute atomic E-state index is 13.1. The zero-order valence-electron chi connectivity index (χ0n) is 16.1. The first-order valence-electron chi connectivity index (χ1n) is 9.10. The predicted molar refractivity (Wildman–Crippen MR) is 105 cm³/mol. The number of piperazine rings is 1. The number of carbonyl (C=O) groups excluding carboxylic acids is 2. The fourth-order valence-electron chi connectivity index (χ4n) is 2.91. The minimum Gasteiger partial charge on any atom is -0.383 e. The van der Waals surface area contributed by atoms with E-state index < -0.39 is 23.5 Å². The molecule has 1 saturated heterocycles. The number of imide groups is 1. The number of nitrogens with zero attached hydrogens (tertiary/aromatic N) is 1. The van der Waals surface area contributed by atoms with Crippen LogP contribution < -0.4 is 16.4 Å². The first kappa shape index (κ1) is 21.8. The van der Waals surface area contributed by atoms with Gasteiger partial charge in [-0.05, 0) is 28.7 Å². The molecule has 1 aromatic rings. The molecule has 0 unspecified atom stereocenters. The topological polar surface area (TPSA) is 108 Å². The summed E-state index contributed by atoms with van der Waals surface area (Å²) in [5.41, 5.74) is 6.59. The van der Waals surface area contributed by atoms with Gasteiger partial charge in [0.1, 0.15) is 6.10 Å². The van der Waals surface area contributed by atoms with E-state index in [4.69, 9.17) is 17.3 Å². The minimum atomic E-state index is -1.31. The molecule has 1 aliphatic heterocycles. The van der Waals surface area contributed by atoms with E-state index in [0.29, 0.717) is 23.7 Å². The van der Waals surface area contributed by atoms with Crippen molar-refractivity contribution in [3.63, 3.8) is 0 Å². The van der Waals surface area contributed by atoms with Crippen LogP contribution >= 0.6 is 11.6 Å². The van der Waals surface area contributed by atoms with Crippen LogP contribution in [0, 0.1) is 5.41 Å². The second-order valence-corrected chi connectivity index (χ2v) is 8.30. The average Bonchev–Trinajstić information content (AvgIpc) is 2.64. The molecule has 0 aliphatic carbocycles. The summed E-state index contributed by atoms with van der Waals surface area (Å²) in [5.74, 6) is -0.999. The van der Waals surface area contributed by atoms with Crippen molar-refractivity contribution >= 4 is 23.4 Å². The Morgan fingerprint density at radius 1 is 1.33 bits per heavy atom. The van der Waals surface area contributed by atoms with Gasteiger partial charge < -0.3 is 21.5 Å². The molecule has 0 spiro atoms. The summed E-state index contributed by atoms with van der Waals surface area (Å²) in [5, 5.41) is 17.3. The number of aliphatic hydroxyl groups is 1. The Kier molecular flexibility index (Phi) is 7.36. The maximum atomic E-state index is 13.1. The molecule has 2 atom stereocenters. The van der Waals surface area contributed by atoms with Crippen LogP contribution in [0.2, 0.25) is 5.02 Å². The van der Waals surface area contributed by atoms with Crippen molar-refractivity contribution in [1.82, 2.24) is 15.5 Å². The van der Waals surface area contributed by atoms with Crippen molar-refractivity contribution in [1.29, 1.82) is 0 Å². The lowest BCUT2D eigenvalue weighted by molar-refractivity contribution is -0.156. The lowest BCUT2D eigenvalue weighted by Crippen LogP contribution is -2.59. The van der Waals surface area contributed by atoms with E-state index in [9.17, 15) is 14.7 Å². The standard InChI is InChI=1S/C19H29ClN4O3/c1-19(2,3)16(25)18(27)24(17(26)15-10-22-6-7-23-15)11-13-8-14(20)5-4-12(13)9-21/h4-5,8,15-16,22-23,25H,6-7,9-11,21H2,1-3H3/t15-,16-/m0/s1. The lowest BCUT2D eigenvalue weighted by Gasteiger charge is -2.34. The zero-order chi connectivity index (χ0) is 20.2. The second kappa shape index (κ2) is 9.12. The number of amides is 2. The van der Waals surface area contributed by atoms with Crippen LogP contribution in [0.5, 0.6) is 0 Å². The van der Waals surface area contributed by atoms with Crippen molar-refractivity contribution in [3.05, 3.63) is 34.3 Å². The Morgan fingerprint density at radius 3 is 2.59 bits per heavy atom. The van der Waals surface area contributed by atoms with Crippen LogP contribution in [0.25, 0.3) is 0 Å². The average molecular weight is 397 g/mol. The van der Waals surface area contributed by atoms with Gasteiger partial charge in [-0.3, -0.25) is 14.5 Å². The zero-order valence-corrected chi connectivity index (χ0v) is 16.8. The molecule has 1 fully saturated rings. The Bertz CT molecular complexity index is 684. The Hall–Kier alpha value is -1.51. The summed E-state index contributed by atoms with van der Waals surface area (Å²) >= 11 is 6.10. The Labute approximate surface area is 165 Å². The van der Waals surface area contributed by atoms with E-state index >= 15 is 0 Å². The van der Waals surface area contributed by atoms with Gasteiger partial charge in [0.25, 0.3) is 5.91 Å². The molecule has 7 nitrogen and oxygen atoms in total. The SMILES string of the molecule is CC(C)(C)[C@@H](O)C(=O)N(Cc1cc(Cl)ccc1CN)C(=O)[C@@H]1CNCCN1. The molecular formula is C19H29ClN4O3. The first-order chi connectivity index (χ1) is 12.6. The van der Waals surface area contributed by atoms with E-state index in [1.165, 1.54) is 0 Å². The second-order valence-electron chi connectivity index (χ2n) is 7.86. The van der Waals surface area contributed by atoms with Crippen LogP contribution in [0.3, 0.4) is 0 Å². The quantitative estimate of drug-likeness (QED) is 0.581. The van der Waals surface area contributed by atoms with Gasteiger partial charge in [-0.15, -0.1) is 0 Å². The van der Waals surface area contributed by atoms with Crippen LogP contribution in [0.15, 0.2) is 18.2 Å². The van der Waals surface area contributed by atoms with Crippen molar-refractivity contribution in [2.24, 2.45) is 11.1 Å². The fraction of sp³-hybridized carbons (Fsp3) is 0.579. The number of carbonyl (C=O) groups is 2. The summed E-state index contributed by atoms with van der Waals surface area (Å²) in [6.07, 6.45) is -1.31. The monoisotopic (exact) mass is 396 g/mol. The minimum absolute atomic E-state index is 0.0100. The number of benzene rings is 1. The normalized spacial score (nSPS) is 18.8. The highest BCUT2D eigenvalue weighted by molar-refractivity contribution is 6.30. The van der Waals surface area contributed by atoms with Gasteiger partial charge in [0.15, 0.2) is 0 Å². The highest BCUT2D eigenvalue weighted by Crippen LogP contribution is 2.24. The molecule has 8 heteroatoms. The third-order valence-corrected chi connectivity index (χ3v) is 4.88. The van der Waals surface area contributed by atoms with Gasteiger partial charge in [0, 0.05) is 31.2 Å². The van der Waals surface area contributed by atoms with Crippen LogP contribution in [0.4, 0.5) is 0 Å². The third kappa shape index (κ3) is 5.49. The number of rotatable bonds is 5. The highest BCUT2D eigenvalue weighted by Gasteiger charge is 2.38. The summed E-state index contributed by atoms with van der Waals surface area (Å²) in [6.45, 7) is 7.34. The van der Waals surface area contributed by atoms with Crippen molar-refractivity contribution < 1.29 is 14.7 Å². The van der Waals surface area contributed by atoms with Crippen LogP contribution in [-0.4, -0.2) is 53.6 Å². The fourth-order valence-corrected chi connectivity index (χ4v) is 3.10. The van der Waals surface area contributed by atoms with Gasteiger partial charge in [-0.1, -0.05) is 38.4 Å². The van der Waals surface area contributed by atoms with E-state index in [1.54, 1.807) is 39.0 Å². The van der Waals surface area contributed by atoms with Gasteiger partial charge in [-0.25, -0.2) is 0 Å². The summed E-state index contributed by atoms with van der Waals surface area (Å²) < 4.78 is 0. The number of hydrogen-bond donors (Lipinski definition) is 4. The lowest BCUT2D eigenvalue weighted by atomic mass is 9.88. The molecule has 2 rings (SSSR count). The largest absolute Gasteiger partial charge is 0.383 e. The number of nitrogens with two attached hydrogens (primary N) is 1. The van der Waals surface area contributed by atoms with Gasteiger partial charge in [0.05, 0.1) is 12.6 Å². The number of nitrogens with one attached hydrogen (secondary N) is 2. The van der Waals surface area contributed by atoms with E-state index in [2.05, 4.69) is 10.6 Å². The van der Waals surface area contributed by atoms with E-state index in [0.717, 1.165) is 17.0 Å². The molecule has 0 bridgehead atoms. The molecule has 1 aromatic carbocycles. The van der Waals surface area contributed by atoms with E-state index in [1.807, 2.05) is 0 Å². The van der Waals surface area contributed by atoms with E-state index in [-0.39, 0.29) is 19.0 Å². The molecule has 27 heavy (non-hydrogen) atoms. The number of halogens is 1. The Morgan fingerprint density at radius 2 is 2.04 bits per heavy atom. The molecule has 5 N–H and O–H groups in total. The number of hydrogen-bond acceptors (Lipinski definition) is 6. The first-order valence-corrected chi connectivity index (χ1v) is 9.47. The molecule has 2 amide bonds. The van der Waals surface area contributed by atoms with Crippen molar-refractivity contribution in [3.8, 4) is 0 Å².